The summed E-state index contributed by atoms with van der Waals surface area (Å²) in [5.41, 5.74) is 0.916. The maximum Gasteiger partial charge on any atom is 0.232 e. The zero-order valence-electron chi connectivity index (χ0n) is 13.1. The Morgan fingerprint density at radius 1 is 1.59 bits per heavy atom. The standard InChI is InChI=1S/C16H22ClFN2OS/c1-10(22-3)16(21)19-9-12-6-7-20(2)15(12)11-4-5-13(17)14(18)8-11/h4-5,8,10,12,15H,6-7,9H2,1-3H3,(H,19,21)/t10-,12+,15+/m1/s1. The van der Waals surface area contributed by atoms with E-state index in [1.807, 2.05) is 26.3 Å². The SMILES string of the molecule is CS[C@H](C)C(=O)NC[C@@H]1CCN(C)[C@H]1c1ccc(Cl)c(F)c1. The van der Waals surface area contributed by atoms with Crippen LogP contribution in [0.15, 0.2) is 18.2 Å². The Morgan fingerprint density at radius 3 is 2.95 bits per heavy atom. The van der Waals surface area contributed by atoms with Crippen LogP contribution in [0.1, 0.15) is 24.9 Å². The molecule has 1 aromatic carbocycles. The molecule has 1 heterocycles. The molecule has 1 saturated heterocycles. The van der Waals surface area contributed by atoms with Crippen LogP contribution in [0.4, 0.5) is 4.39 Å². The van der Waals surface area contributed by atoms with Gasteiger partial charge in [-0.2, -0.15) is 11.8 Å². The van der Waals surface area contributed by atoms with Crippen molar-refractivity contribution in [2.75, 3.05) is 26.4 Å². The van der Waals surface area contributed by atoms with Crippen molar-refractivity contribution in [3.05, 3.63) is 34.6 Å². The van der Waals surface area contributed by atoms with Crippen LogP contribution in [-0.2, 0) is 4.79 Å². The predicted molar refractivity (Wildman–Crippen MR) is 90.9 cm³/mol. The van der Waals surface area contributed by atoms with Crippen molar-refractivity contribution < 1.29 is 9.18 Å². The van der Waals surface area contributed by atoms with Crippen molar-refractivity contribution in [2.45, 2.75) is 24.6 Å². The molecule has 0 spiro atoms. The van der Waals surface area contributed by atoms with Crippen molar-refractivity contribution in [1.29, 1.82) is 0 Å². The molecule has 1 aliphatic rings. The van der Waals surface area contributed by atoms with Gasteiger partial charge < -0.3 is 5.32 Å². The van der Waals surface area contributed by atoms with E-state index in [1.165, 1.54) is 17.8 Å². The number of hydrogen-bond acceptors (Lipinski definition) is 3. The van der Waals surface area contributed by atoms with E-state index in [1.54, 1.807) is 6.07 Å². The van der Waals surface area contributed by atoms with Gasteiger partial charge in [0.25, 0.3) is 0 Å². The average Bonchev–Trinajstić information content (AvgIpc) is 2.87. The summed E-state index contributed by atoms with van der Waals surface area (Å²) in [6.07, 6.45) is 2.91. The summed E-state index contributed by atoms with van der Waals surface area (Å²) in [5, 5.41) is 3.11. The highest BCUT2D eigenvalue weighted by atomic mass is 35.5. The molecule has 3 atom stereocenters. The monoisotopic (exact) mass is 344 g/mol. The Bertz CT molecular complexity index is 543. The Hall–Kier alpha value is -0.780. The highest BCUT2D eigenvalue weighted by molar-refractivity contribution is 7.99. The lowest BCUT2D eigenvalue weighted by Gasteiger charge is -2.26. The summed E-state index contributed by atoms with van der Waals surface area (Å²) in [6, 6.07) is 5.09. The van der Waals surface area contributed by atoms with Crippen LogP contribution in [0.3, 0.4) is 0 Å². The molecule has 122 valence electrons. The van der Waals surface area contributed by atoms with Crippen LogP contribution in [0.25, 0.3) is 0 Å². The molecule has 1 aromatic rings. The Labute approximate surface area is 140 Å². The van der Waals surface area contributed by atoms with E-state index in [9.17, 15) is 9.18 Å². The number of carbonyl (C=O) groups excluding carboxylic acids is 1. The zero-order valence-corrected chi connectivity index (χ0v) is 14.7. The lowest BCUT2D eigenvalue weighted by atomic mass is 9.93. The summed E-state index contributed by atoms with van der Waals surface area (Å²) in [5.74, 6) is -0.0510. The topological polar surface area (TPSA) is 32.3 Å². The molecule has 0 bridgehead atoms. The molecule has 1 N–H and O–H groups in total. The first-order valence-electron chi connectivity index (χ1n) is 7.39. The summed E-state index contributed by atoms with van der Waals surface area (Å²) in [7, 11) is 2.03. The van der Waals surface area contributed by atoms with Gasteiger partial charge in [-0.1, -0.05) is 17.7 Å². The number of likely N-dealkylation sites (tertiary alicyclic amines) is 1. The van der Waals surface area contributed by atoms with Crippen LogP contribution < -0.4 is 5.32 Å². The molecule has 6 heteroatoms. The van der Waals surface area contributed by atoms with Gasteiger partial charge in [-0.3, -0.25) is 9.69 Å². The maximum absolute atomic E-state index is 13.7. The maximum atomic E-state index is 13.7. The van der Waals surface area contributed by atoms with E-state index < -0.39 is 5.82 Å². The number of thioether (sulfide) groups is 1. The molecule has 1 amide bonds. The number of halogens is 2. The van der Waals surface area contributed by atoms with Gasteiger partial charge in [-0.15, -0.1) is 0 Å². The van der Waals surface area contributed by atoms with Gasteiger partial charge in [-0.05, 0) is 56.8 Å². The van der Waals surface area contributed by atoms with E-state index in [0.29, 0.717) is 6.54 Å². The van der Waals surface area contributed by atoms with Crippen molar-refractivity contribution in [3.63, 3.8) is 0 Å². The van der Waals surface area contributed by atoms with Crippen molar-refractivity contribution in [1.82, 2.24) is 10.2 Å². The van der Waals surface area contributed by atoms with E-state index in [4.69, 9.17) is 11.6 Å². The van der Waals surface area contributed by atoms with Crippen LogP contribution in [-0.4, -0.2) is 42.4 Å². The van der Waals surface area contributed by atoms with Gasteiger partial charge in [0.2, 0.25) is 5.91 Å². The molecule has 0 radical (unpaired) electrons. The molecule has 0 saturated carbocycles. The third-order valence-electron chi connectivity index (χ3n) is 4.32. The first-order valence-corrected chi connectivity index (χ1v) is 9.06. The second-order valence-corrected chi connectivity index (χ2v) is 7.36. The number of amides is 1. The first-order chi connectivity index (χ1) is 10.4. The number of nitrogens with one attached hydrogen (secondary N) is 1. The molecule has 0 aromatic heterocycles. The van der Waals surface area contributed by atoms with E-state index >= 15 is 0 Å². The van der Waals surface area contributed by atoms with Crippen LogP contribution in [0, 0.1) is 11.7 Å². The minimum atomic E-state index is -0.391. The van der Waals surface area contributed by atoms with Crippen molar-refractivity contribution >= 4 is 29.3 Å². The van der Waals surface area contributed by atoms with Gasteiger partial charge in [-0.25, -0.2) is 4.39 Å². The second-order valence-electron chi connectivity index (χ2n) is 5.77. The minimum Gasteiger partial charge on any atom is -0.355 e. The average molecular weight is 345 g/mol. The minimum absolute atomic E-state index is 0.0504. The smallest absolute Gasteiger partial charge is 0.232 e. The summed E-state index contributed by atoms with van der Waals surface area (Å²) < 4.78 is 13.7. The molecule has 2 rings (SSSR count). The van der Waals surface area contributed by atoms with Gasteiger partial charge in [0.15, 0.2) is 0 Å². The normalized spacial score (nSPS) is 23.5. The lowest BCUT2D eigenvalue weighted by molar-refractivity contribution is -0.120. The largest absolute Gasteiger partial charge is 0.355 e. The number of hydrogen-bond donors (Lipinski definition) is 1. The molecule has 1 aliphatic heterocycles. The number of carbonyl (C=O) groups is 1. The van der Waals surface area contributed by atoms with Crippen LogP contribution in [0.2, 0.25) is 5.02 Å². The predicted octanol–water partition coefficient (Wildman–Crippen LogP) is 3.34. The van der Waals surface area contributed by atoms with Gasteiger partial charge in [0.1, 0.15) is 5.82 Å². The Balaban J connectivity index is 2.07. The first kappa shape index (κ1) is 17.6. The molecule has 0 aliphatic carbocycles. The van der Waals surface area contributed by atoms with Crippen LogP contribution >= 0.6 is 23.4 Å². The fraction of sp³-hybridized carbons (Fsp3) is 0.562. The molecule has 1 fully saturated rings. The number of nitrogens with zero attached hydrogens (tertiary/aromatic N) is 1. The van der Waals surface area contributed by atoms with E-state index in [0.717, 1.165) is 18.5 Å². The highest BCUT2D eigenvalue weighted by Gasteiger charge is 2.33. The van der Waals surface area contributed by atoms with Gasteiger partial charge >= 0.3 is 0 Å². The second kappa shape index (κ2) is 7.66. The molecule has 0 unspecified atom stereocenters. The molecular formula is C16H22ClFN2OS. The van der Waals surface area contributed by atoms with E-state index in [2.05, 4.69) is 10.2 Å². The molecule has 3 nitrogen and oxygen atoms in total. The van der Waals surface area contributed by atoms with Crippen molar-refractivity contribution in [2.24, 2.45) is 5.92 Å². The summed E-state index contributed by atoms with van der Waals surface area (Å²) in [6.45, 7) is 3.45. The third-order valence-corrected chi connectivity index (χ3v) is 5.55. The molecular weight excluding hydrogens is 323 g/mol. The van der Waals surface area contributed by atoms with Crippen molar-refractivity contribution in [3.8, 4) is 0 Å². The van der Waals surface area contributed by atoms with Gasteiger partial charge in [0, 0.05) is 12.6 Å². The Morgan fingerprint density at radius 2 is 2.32 bits per heavy atom. The number of benzene rings is 1. The zero-order chi connectivity index (χ0) is 16.3. The molecule has 22 heavy (non-hydrogen) atoms. The third kappa shape index (κ3) is 3.94. The summed E-state index contributed by atoms with van der Waals surface area (Å²) in [4.78, 5) is 14.1. The summed E-state index contributed by atoms with van der Waals surface area (Å²) >= 11 is 7.30. The van der Waals surface area contributed by atoms with Gasteiger partial charge in [0.05, 0.1) is 10.3 Å². The van der Waals surface area contributed by atoms with Crippen LogP contribution in [0.5, 0.6) is 0 Å². The lowest BCUT2D eigenvalue weighted by Crippen LogP contribution is -2.36. The Kier molecular flexibility index (Phi) is 6.12. The fourth-order valence-corrected chi connectivity index (χ4v) is 3.36. The van der Waals surface area contributed by atoms with E-state index in [-0.39, 0.29) is 28.1 Å². The number of rotatable bonds is 5. The fourth-order valence-electron chi connectivity index (χ4n) is 2.95. The highest BCUT2D eigenvalue weighted by Crippen LogP contribution is 2.36. The quantitative estimate of drug-likeness (QED) is 0.889.